The molecule has 4 aromatic carbocycles. The molecular weight excluding hydrogens is 464 g/mol. The molecule has 37 heavy (non-hydrogen) atoms. The van der Waals surface area contributed by atoms with E-state index in [1.165, 1.54) is 0 Å². The van der Waals surface area contributed by atoms with Crippen molar-refractivity contribution in [3.05, 3.63) is 114 Å². The van der Waals surface area contributed by atoms with Gasteiger partial charge in [-0.15, -0.1) is 0 Å². The number of para-hydroxylation sites is 1. The summed E-state index contributed by atoms with van der Waals surface area (Å²) >= 11 is 0. The fraction of sp³-hybridized carbons (Fsp3) is 0.129. The number of ether oxygens (including phenoxy) is 3. The van der Waals surface area contributed by atoms with E-state index in [9.17, 15) is 4.79 Å². The number of hydrogen-bond acceptors (Lipinski definition) is 5. The van der Waals surface area contributed by atoms with E-state index < -0.39 is 0 Å². The van der Waals surface area contributed by atoms with Crippen LogP contribution >= 0.6 is 0 Å². The summed E-state index contributed by atoms with van der Waals surface area (Å²) in [4.78, 5) is 11.9. The lowest BCUT2D eigenvalue weighted by Gasteiger charge is -2.29. The first-order chi connectivity index (χ1) is 18.2. The largest absolute Gasteiger partial charge is 0.492 e. The number of amides is 1. The fourth-order valence-corrected chi connectivity index (χ4v) is 4.55. The van der Waals surface area contributed by atoms with Crippen molar-refractivity contribution in [1.82, 2.24) is 0 Å². The van der Waals surface area contributed by atoms with Gasteiger partial charge in [0.15, 0.2) is 6.61 Å². The fourth-order valence-electron chi connectivity index (χ4n) is 4.55. The lowest BCUT2D eigenvalue weighted by Crippen LogP contribution is -2.25. The van der Waals surface area contributed by atoms with E-state index >= 15 is 0 Å². The molecule has 2 aliphatic heterocycles. The monoisotopic (exact) mass is 490 g/mol. The molecule has 1 amide bonds. The molecule has 2 N–H and O–H groups in total. The minimum Gasteiger partial charge on any atom is -0.492 e. The van der Waals surface area contributed by atoms with Gasteiger partial charge in [0.1, 0.15) is 30.0 Å². The third-order valence-electron chi connectivity index (χ3n) is 6.34. The number of carbonyl (C=O) groups is 1. The average molecular weight is 491 g/mol. The molecule has 0 spiro atoms. The molecule has 0 aliphatic carbocycles. The van der Waals surface area contributed by atoms with Crippen LogP contribution in [0.25, 0.3) is 11.6 Å². The standard InChI is InChI=1S/C31H26N2O4/c34-30-20-36-28-14-12-22(18-27(28)33-30)26-17-23-11-13-24(32-15-16-35-25-9-5-2-6-10-25)19-29(23)37-31(26)21-7-3-1-4-8-21/h1-14,17-19,31-32H,15-16,20H2,(H,33,34). The van der Waals surface area contributed by atoms with Crippen molar-refractivity contribution in [3.63, 3.8) is 0 Å². The zero-order chi connectivity index (χ0) is 25.0. The van der Waals surface area contributed by atoms with Gasteiger partial charge in [-0.1, -0.05) is 54.6 Å². The normalized spacial score (nSPS) is 15.7. The van der Waals surface area contributed by atoms with E-state index in [0.29, 0.717) is 24.6 Å². The maximum atomic E-state index is 11.9. The molecule has 0 bridgehead atoms. The minimum absolute atomic E-state index is 0.0346. The van der Waals surface area contributed by atoms with E-state index in [0.717, 1.165) is 39.4 Å². The minimum atomic E-state index is -0.302. The van der Waals surface area contributed by atoms with E-state index in [2.05, 4.69) is 34.9 Å². The first-order valence-electron chi connectivity index (χ1n) is 12.3. The summed E-state index contributed by atoms with van der Waals surface area (Å²) in [5.74, 6) is 2.18. The number of fused-ring (bicyclic) bond motifs is 2. The van der Waals surface area contributed by atoms with Crippen molar-refractivity contribution in [2.75, 3.05) is 30.4 Å². The molecule has 1 unspecified atom stereocenters. The van der Waals surface area contributed by atoms with Gasteiger partial charge in [0, 0.05) is 29.4 Å². The van der Waals surface area contributed by atoms with Gasteiger partial charge in [-0.2, -0.15) is 0 Å². The van der Waals surface area contributed by atoms with Gasteiger partial charge in [-0.25, -0.2) is 0 Å². The third-order valence-corrected chi connectivity index (χ3v) is 6.34. The summed E-state index contributed by atoms with van der Waals surface area (Å²) in [6, 6.07) is 31.9. The third kappa shape index (κ3) is 5.00. The highest BCUT2D eigenvalue weighted by Gasteiger charge is 2.27. The van der Waals surface area contributed by atoms with Crippen LogP contribution in [-0.4, -0.2) is 25.7 Å². The summed E-state index contributed by atoms with van der Waals surface area (Å²) < 4.78 is 17.9. The molecule has 1 atom stereocenters. The Morgan fingerprint density at radius 3 is 2.54 bits per heavy atom. The Balaban J connectivity index is 1.26. The Kier molecular flexibility index (Phi) is 6.21. The molecule has 0 aromatic heterocycles. The van der Waals surface area contributed by atoms with Crippen LogP contribution < -0.4 is 24.8 Å². The van der Waals surface area contributed by atoms with Crippen LogP contribution in [0.3, 0.4) is 0 Å². The van der Waals surface area contributed by atoms with Gasteiger partial charge in [0.25, 0.3) is 5.91 Å². The van der Waals surface area contributed by atoms with Crippen molar-refractivity contribution in [3.8, 4) is 17.2 Å². The van der Waals surface area contributed by atoms with E-state index in [1.807, 2.05) is 78.9 Å². The number of rotatable bonds is 7. The number of carbonyl (C=O) groups excluding carboxylic acids is 1. The molecule has 0 saturated heterocycles. The van der Waals surface area contributed by atoms with Crippen molar-refractivity contribution >= 4 is 28.9 Å². The first-order valence-corrected chi connectivity index (χ1v) is 12.3. The lowest BCUT2D eigenvalue weighted by atomic mass is 9.90. The Morgan fingerprint density at radius 2 is 1.70 bits per heavy atom. The van der Waals surface area contributed by atoms with Gasteiger partial charge in [0.2, 0.25) is 0 Å². The number of anilines is 2. The zero-order valence-electron chi connectivity index (χ0n) is 20.1. The number of benzene rings is 4. The highest BCUT2D eigenvalue weighted by Crippen LogP contribution is 2.44. The molecule has 184 valence electrons. The molecule has 6 rings (SSSR count). The molecule has 0 fully saturated rings. The summed E-state index contributed by atoms with van der Waals surface area (Å²) in [7, 11) is 0. The summed E-state index contributed by atoms with van der Waals surface area (Å²) in [6.07, 6.45) is 1.86. The quantitative estimate of drug-likeness (QED) is 0.303. The molecule has 6 nitrogen and oxygen atoms in total. The SMILES string of the molecule is O=C1COc2ccc(C3=Cc4ccc(NCCOc5ccccc5)cc4OC3c3ccccc3)cc2N1. The van der Waals surface area contributed by atoms with Crippen LogP contribution in [0.2, 0.25) is 0 Å². The van der Waals surface area contributed by atoms with Crippen molar-refractivity contribution in [2.45, 2.75) is 6.10 Å². The predicted molar refractivity (Wildman–Crippen MR) is 145 cm³/mol. The van der Waals surface area contributed by atoms with Gasteiger partial charge in [-0.3, -0.25) is 4.79 Å². The second-order valence-corrected chi connectivity index (χ2v) is 8.90. The topological polar surface area (TPSA) is 68.8 Å². The Hall–Kier alpha value is -4.71. The van der Waals surface area contributed by atoms with E-state index in [4.69, 9.17) is 14.2 Å². The van der Waals surface area contributed by atoms with Gasteiger partial charge in [-0.05, 0) is 53.6 Å². The Morgan fingerprint density at radius 1 is 0.892 bits per heavy atom. The average Bonchev–Trinajstić information content (AvgIpc) is 2.95. The van der Waals surface area contributed by atoms with Crippen molar-refractivity contribution < 1.29 is 19.0 Å². The van der Waals surface area contributed by atoms with Gasteiger partial charge < -0.3 is 24.8 Å². The highest BCUT2D eigenvalue weighted by molar-refractivity contribution is 5.97. The second kappa shape index (κ2) is 10.1. The summed E-state index contributed by atoms with van der Waals surface area (Å²) in [5, 5.41) is 6.33. The molecular formula is C31H26N2O4. The smallest absolute Gasteiger partial charge is 0.262 e. The molecule has 2 aliphatic rings. The van der Waals surface area contributed by atoms with Crippen LogP contribution in [0.4, 0.5) is 11.4 Å². The molecule has 4 aromatic rings. The summed E-state index contributed by atoms with van der Waals surface area (Å²) in [5.41, 5.74) is 5.65. The predicted octanol–water partition coefficient (Wildman–Crippen LogP) is 6.18. The molecule has 0 saturated carbocycles. The molecule has 2 heterocycles. The van der Waals surface area contributed by atoms with Crippen molar-refractivity contribution in [1.29, 1.82) is 0 Å². The van der Waals surface area contributed by atoms with Crippen molar-refractivity contribution in [2.24, 2.45) is 0 Å². The van der Waals surface area contributed by atoms with Crippen LogP contribution in [-0.2, 0) is 4.79 Å². The highest BCUT2D eigenvalue weighted by atomic mass is 16.5. The number of hydrogen-bond donors (Lipinski definition) is 2. The Labute approximate surface area is 215 Å². The lowest BCUT2D eigenvalue weighted by molar-refractivity contribution is -0.118. The second-order valence-electron chi connectivity index (χ2n) is 8.90. The number of nitrogens with one attached hydrogen (secondary N) is 2. The maximum Gasteiger partial charge on any atom is 0.262 e. The first kappa shape index (κ1) is 22.7. The van der Waals surface area contributed by atoms with Gasteiger partial charge >= 0.3 is 0 Å². The van der Waals surface area contributed by atoms with E-state index in [-0.39, 0.29) is 18.6 Å². The van der Waals surface area contributed by atoms with Crippen LogP contribution in [0.5, 0.6) is 17.2 Å². The summed E-state index contributed by atoms with van der Waals surface area (Å²) in [6.45, 7) is 1.25. The Bertz CT molecular complexity index is 1450. The maximum absolute atomic E-state index is 11.9. The molecule has 0 radical (unpaired) electrons. The van der Waals surface area contributed by atoms with Crippen LogP contribution in [0.1, 0.15) is 22.8 Å². The van der Waals surface area contributed by atoms with Crippen LogP contribution in [0, 0.1) is 0 Å². The zero-order valence-corrected chi connectivity index (χ0v) is 20.1. The van der Waals surface area contributed by atoms with E-state index in [1.54, 1.807) is 0 Å². The molecule has 6 heteroatoms. The van der Waals surface area contributed by atoms with Crippen LogP contribution in [0.15, 0.2) is 97.1 Å². The van der Waals surface area contributed by atoms with Gasteiger partial charge in [0.05, 0.1) is 5.69 Å².